The number of aromatic nitrogens is 1. The van der Waals surface area contributed by atoms with E-state index in [0.29, 0.717) is 38.2 Å². The highest BCUT2D eigenvalue weighted by molar-refractivity contribution is 5.98. The standard InChI is InChI=1S/C55H79N9O7/c1-11-64-44-15-14-35-27-41(44)46-47(51(68-10)50-42(49(46)64)28-38(29-61(50)8)63-21-19-59(6)20-22-63)55(4,5)32-71-70-30-37(56)13-12-17-57-52(65)43-25-34-23-36(35)26-39(24-34)69-31-45-40(16-18-60(45)7)54(67)62(9)48(33(2)3)53(66)58-43/h14-15,23-24,26-28,33,37,40,43,45,47-48,51H,11-13,16-22,25,29-32,56H2,1-10H3,(H,57,65)(H,58,66). The number of nitrogens with one attached hydrogen (secondary N) is 2. The summed E-state index contributed by atoms with van der Waals surface area (Å²) >= 11 is 0. The molecule has 3 aromatic rings. The quantitative estimate of drug-likeness (QED) is 0.311. The number of piperazine rings is 1. The maximum atomic E-state index is 14.5. The van der Waals surface area contributed by atoms with Gasteiger partial charge < -0.3 is 50.0 Å². The lowest BCUT2D eigenvalue weighted by Crippen LogP contribution is -2.57. The van der Waals surface area contributed by atoms with Gasteiger partial charge in [-0.3, -0.25) is 19.3 Å². The minimum atomic E-state index is -0.940. The molecule has 0 spiro atoms. The molecule has 7 atom stereocenters. The number of rotatable bonds is 4. The molecule has 16 nitrogen and oxygen atoms in total. The molecule has 3 amide bonds. The number of amides is 3. The lowest BCUT2D eigenvalue weighted by atomic mass is 9.66. The van der Waals surface area contributed by atoms with Crippen molar-refractivity contribution in [2.75, 3.05) is 101 Å². The first-order valence-corrected chi connectivity index (χ1v) is 26.1. The summed E-state index contributed by atoms with van der Waals surface area (Å²) in [5, 5.41) is 7.34. The van der Waals surface area contributed by atoms with Crippen LogP contribution in [0.5, 0.6) is 5.75 Å². The van der Waals surface area contributed by atoms with E-state index in [-0.39, 0.29) is 73.3 Å². The Balaban J connectivity index is 1.23. The summed E-state index contributed by atoms with van der Waals surface area (Å²) in [7, 11) is 9.98. The minimum absolute atomic E-state index is 0.0966. The fourth-order valence-corrected chi connectivity index (χ4v) is 12.5. The first-order valence-electron chi connectivity index (χ1n) is 26.1. The number of carbonyl (C=O) groups is 3. The predicted octanol–water partition coefficient (Wildman–Crippen LogP) is 4.66. The van der Waals surface area contributed by atoms with Gasteiger partial charge in [0.05, 0.1) is 43.1 Å². The number of hydrogen-bond donors (Lipinski definition) is 3. The highest BCUT2D eigenvalue weighted by Gasteiger charge is 2.49. The van der Waals surface area contributed by atoms with Crippen molar-refractivity contribution in [3.05, 3.63) is 70.7 Å². The summed E-state index contributed by atoms with van der Waals surface area (Å²) in [5.74, 6) is -0.858. The molecule has 1 aliphatic carbocycles. The van der Waals surface area contributed by atoms with Crippen LogP contribution in [0.4, 0.5) is 0 Å². The van der Waals surface area contributed by atoms with Gasteiger partial charge >= 0.3 is 0 Å². The number of nitrogens with two attached hydrogens (primary N) is 1. The average Bonchev–Trinajstić information content (AvgIpc) is 3.88. The number of benzene rings is 2. The van der Waals surface area contributed by atoms with Gasteiger partial charge in [0.2, 0.25) is 17.7 Å². The molecule has 6 aliphatic rings. The number of aryl methyl sites for hydroxylation is 1. The zero-order chi connectivity index (χ0) is 50.5. The van der Waals surface area contributed by atoms with E-state index in [2.05, 4.69) is 106 Å². The van der Waals surface area contributed by atoms with Crippen molar-refractivity contribution < 1.29 is 33.6 Å². The summed E-state index contributed by atoms with van der Waals surface area (Å²) < 4.78 is 16.0. The minimum Gasteiger partial charge on any atom is -0.492 e. The van der Waals surface area contributed by atoms with E-state index in [0.717, 1.165) is 73.4 Å². The molecule has 71 heavy (non-hydrogen) atoms. The highest BCUT2D eigenvalue weighted by atomic mass is 17.2. The molecule has 1 aromatic heterocycles. The number of nitrogens with zero attached hydrogens (tertiary/aromatic N) is 6. The molecule has 9 rings (SSSR count). The second kappa shape index (κ2) is 20.9. The van der Waals surface area contributed by atoms with E-state index in [1.807, 2.05) is 34.1 Å². The number of likely N-dealkylation sites (N-methyl/N-ethyl adjacent to an activating group) is 4. The van der Waals surface area contributed by atoms with Crippen LogP contribution in [0.25, 0.3) is 27.6 Å². The van der Waals surface area contributed by atoms with Crippen LogP contribution in [0, 0.1) is 17.3 Å². The molecule has 2 saturated heterocycles. The maximum Gasteiger partial charge on any atom is 0.243 e. The summed E-state index contributed by atoms with van der Waals surface area (Å²) in [6.45, 7) is 18.0. The molecule has 0 saturated carbocycles. The van der Waals surface area contributed by atoms with E-state index in [9.17, 15) is 14.4 Å². The van der Waals surface area contributed by atoms with Crippen molar-refractivity contribution in [2.24, 2.45) is 23.0 Å². The molecule has 16 heteroatoms. The third-order valence-electron chi connectivity index (χ3n) is 16.4. The Morgan fingerprint density at radius 2 is 1.69 bits per heavy atom. The van der Waals surface area contributed by atoms with Gasteiger partial charge in [-0.05, 0) is 105 Å². The number of ether oxygens (including phenoxy) is 2. The second-order valence-electron chi connectivity index (χ2n) is 22.2. The SMILES string of the molecule is CCn1c2c3c4cc(ccc41)-c1cc4cc(c1)OCC1C(CCN1C)C(=O)N(C)C(C(C)C)C(=O)NC(C4)C(=O)NCCCC(N)COOCC(C)(C)C3C(OC)C1=C2C=C(N2CCN(C)CC2)CN1C. The maximum absolute atomic E-state index is 14.5. The van der Waals surface area contributed by atoms with Gasteiger partial charge in [-0.1, -0.05) is 39.8 Å². The van der Waals surface area contributed by atoms with Crippen LogP contribution in [0.15, 0.2) is 53.9 Å². The molecular formula is C55H79N9O7. The van der Waals surface area contributed by atoms with Crippen LogP contribution in [-0.2, 0) is 41.9 Å². The molecular weight excluding hydrogens is 899 g/mol. The summed E-state index contributed by atoms with van der Waals surface area (Å²) in [5.41, 5.74) is 16.0. The predicted molar refractivity (Wildman–Crippen MR) is 276 cm³/mol. The number of likely N-dealkylation sites (tertiary alicyclic amines) is 1. The monoisotopic (exact) mass is 978 g/mol. The number of carbonyl (C=O) groups excluding carboxylic acids is 3. The molecule has 6 bridgehead atoms. The molecule has 386 valence electrons. The normalized spacial score (nSPS) is 28.6. The Labute approximate surface area is 420 Å². The first-order chi connectivity index (χ1) is 34.0. The van der Waals surface area contributed by atoms with Gasteiger partial charge in [-0.25, -0.2) is 9.78 Å². The molecule has 5 aliphatic heterocycles. The van der Waals surface area contributed by atoms with Crippen LogP contribution >= 0.6 is 0 Å². The number of methoxy groups -OCH3 is 1. The van der Waals surface area contributed by atoms with Crippen LogP contribution in [0.1, 0.15) is 76.6 Å². The van der Waals surface area contributed by atoms with Crippen molar-refractivity contribution in [3.8, 4) is 16.9 Å². The molecule has 4 N–H and O–H groups in total. The van der Waals surface area contributed by atoms with Crippen molar-refractivity contribution in [2.45, 2.75) is 103 Å². The summed E-state index contributed by atoms with van der Waals surface area (Å²) in [6.07, 6.45) is 4.16. The Kier molecular flexibility index (Phi) is 15.0. The fourth-order valence-electron chi connectivity index (χ4n) is 12.5. The van der Waals surface area contributed by atoms with Crippen LogP contribution in [0.3, 0.4) is 0 Å². The first kappa shape index (κ1) is 51.0. The Bertz CT molecular complexity index is 2540. The van der Waals surface area contributed by atoms with Gasteiger partial charge in [0.15, 0.2) is 0 Å². The molecule has 2 aromatic carbocycles. The van der Waals surface area contributed by atoms with Crippen molar-refractivity contribution in [1.82, 2.24) is 39.7 Å². The third-order valence-corrected chi connectivity index (χ3v) is 16.4. The highest BCUT2D eigenvalue weighted by Crippen LogP contribution is 2.54. The van der Waals surface area contributed by atoms with Crippen LogP contribution in [-0.4, -0.2) is 178 Å². The lowest BCUT2D eigenvalue weighted by molar-refractivity contribution is -0.312. The van der Waals surface area contributed by atoms with E-state index < -0.39 is 17.5 Å². The number of hydrogen-bond acceptors (Lipinski definition) is 12. The molecule has 2 fully saturated rings. The summed E-state index contributed by atoms with van der Waals surface area (Å²) in [6, 6.07) is 10.7. The van der Waals surface area contributed by atoms with Gasteiger partial charge in [0.25, 0.3) is 0 Å². The molecule has 7 unspecified atom stereocenters. The van der Waals surface area contributed by atoms with Crippen molar-refractivity contribution >= 4 is 34.2 Å². The van der Waals surface area contributed by atoms with E-state index in [1.165, 1.54) is 28.2 Å². The second-order valence-corrected chi connectivity index (χ2v) is 22.2. The topological polar surface area (TPSA) is 159 Å². The van der Waals surface area contributed by atoms with Crippen LogP contribution < -0.4 is 21.1 Å². The van der Waals surface area contributed by atoms with Gasteiger partial charge in [0.1, 0.15) is 30.5 Å². The van der Waals surface area contributed by atoms with Gasteiger partial charge in [-0.2, -0.15) is 0 Å². The van der Waals surface area contributed by atoms with E-state index in [4.69, 9.17) is 25.0 Å². The third kappa shape index (κ3) is 9.96. The van der Waals surface area contributed by atoms with Crippen LogP contribution in [0.2, 0.25) is 0 Å². The smallest absolute Gasteiger partial charge is 0.243 e. The van der Waals surface area contributed by atoms with Crippen molar-refractivity contribution in [1.29, 1.82) is 0 Å². The largest absolute Gasteiger partial charge is 0.492 e. The van der Waals surface area contributed by atoms with E-state index >= 15 is 0 Å². The Hall–Kier alpha value is -4.97. The van der Waals surface area contributed by atoms with E-state index in [1.54, 1.807) is 11.9 Å². The molecule has 0 radical (unpaired) electrons. The van der Waals surface area contributed by atoms with Gasteiger partial charge in [-0.15, -0.1) is 0 Å². The summed E-state index contributed by atoms with van der Waals surface area (Å²) in [4.78, 5) is 66.4. The number of allylic oxidation sites excluding steroid dienone is 2. The zero-order valence-electron chi connectivity index (χ0n) is 43.9. The lowest BCUT2D eigenvalue weighted by Gasteiger charge is -2.48. The Morgan fingerprint density at radius 3 is 2.42 bits per heavy atom. The molecule has 6 heterocycles. The fraction of sp³-hybridized carbons (Fsp3) is 0.618. The van der Waals surface area contributed by atoms with Gasteiger partial charge in [0, 0.05) is 106 Å². The van der Waals surface area contributed by atoms with Crippen molar-refractivity contribution in [3.63, 3.8) is 0 Å². The number of fused-ring (bicyclic) bond motifs is 7. The zero-order valence-corrected chi connectivity index (χ0v) is 43.9. The Morgan fingerprint density at radius 1 is 0.915 bits per heavy atom. The average molecular weight is 978 g/mol.